The smallest absolute Gasteiger partial charge is 0.326 e. The first-order valence-electron chi connectivity index (χ1n) is 5.63. The van der Waals surface area contributed by atoms with Crippen molar-refractivity contribution in [2.24, 2.45) is 0 Å². The van der Waals surface area contributed by atoms with E-state index in [4.69, 9.17) is 4.74 Å². The minimum Gasteiger partial charge on any atom is -0.468 e. The average molecular weight is 197 g/mol. The summed E-state index contributed by atoms with van der Waals surface area (Å²) in [4.78, 5) is 11.5. The summed E-state index contributed by atoms with van der Waals surface area (Å²) in [5, 5.41) is 3.48. The van der Waals surface area contributed by atoms with E-state index >= 15 is 0 Å². The zero-order valence-electron chi connectivity index (χ0n) is 8.84. The topological polar surface area (TPSA) is 38.3 Å². The van der Waals surface area contributed by atoms with Crippen molar-refractivity contribution in [2.75, 3.05) is 7.11 Å². The van der Waals surface area contributed by atoms with Crippen LogP contribution in [0.15, 0.2) is 0 Å². The third-order valence-corrected chi connectivity index (χ3v) is 3.41. The summed E-state index contributed by atoms with van der Waals surface area (Å²) in [5.74, 6) is -0.0666. The molecule has 0 spiro atoms. The second kappa shape index (κ2) is 3.89. The van der Waals surface area contributed by atoms with E-state index in [1.165, 1.54) is 39.2 Å². The van der Waals surface area contributed by atoms with Gasteiger partial charge in [0.1, 0.15) is 5.54 Å². The van der Waals surface area contributed by atoms with Crippen molar-refractivity contribution in [3.63, 3.8) is 0 Å². The summed E-state index contributed by atoms with van der Waals surface area (Å²) in [5.41, 5.74) is -0.295. The van der Waals surface area contributed by atoms with Crippen LogP contribution in [0.25, 0.3) is 0 Å². The molecule has 0 aromatic carbocycles. The van der Waals surface area contributed by atoms with Crippen LogP contribution in [0.3, 0.4) is 0 Å². The fourth-order valence-electron chi connectivity index (χ4n) is 2.37. The van der Waals surface area contributed by atoms with Crippen LogP contribution >= 0.6 is 0 Å². The number of ether oxygens (including phenoxy) is 1. The highest BCUT2D eigenvalue weighted by Gasteiger charge is 2.51. The first-order chi connectivity index (χ1) is 6.77. The molecule has 0 aromatic heterocycles. The van der Waals surface area contributed by atoms with Crippen LogP contribution in [0.5, 0.6) is 0 Å². The Balaban J connectivity index is 1.86. The Hall–Kier alpha value is -0.570. The van der Waals surface area contributed by atoms with Crippen LogP contribution in [-0.4, -0.2) is 24.7 Å². The molecule has 1 N–H and O–H groups in total. The number of nitrogens with one attached hydrogen (secondary N) is 1. The molecule has 0 atom stereocenters. The molecule has 2 saturated carbocycles. The van der Waals surface area contributed by atoms with Crippen molar-refractivity contribution in [1.29, 1.82) is 0 Å². The van der Waals surface area contributed by atoms with Gasteiger partial charge in [-0.15, -0.1) is 0 Å². The number of rotatable bonds is 3. The zero-order valence-corrected chi connectivity index (χ0v) is 8.84. The number of carbonyl (C=O) groups excluding carboxylic acids is 1. The van der Waals surface area contributed by atoms with Crippen LogP contribution in [0.1, 0.15) is 44.9 Å². The van der Waals surface area contributed by atoms with E-state index in [1.807, 2.05) is 0 Å². The second-order valence-electron chi connectivity index (χ2n) is 4.55. The Morgan fingerprint density at radius 1 is 1.29 bits per heavy atom. The standard InChI is InChI=1S/C11H19NO2/c1-14-10(13)11(7-8-11)12-9-5-3-2-4-6-9/h9,12H,2-8H2,1H3. The van der Waals surface area contributed by atoms with Crippen LogP contribution < -0.4 is 5.32 Å². The monoisotopic (exact) mass is 197 g/mol. The normalized spacial score (nSPS) is 25.8. The van der Waals surface area contributed by atoms with E-state index in [-0.39, 0.29) is 11.5 Å². The molecule has 0 aliphatic heterocycles. The van der Waals surface area contributed by atoms with E-state index in [0.717, 1.165) is 12.8 Å². The lowest BCUT2D eigenvalue weighted by Crippen LogP contribution is -2.46. The molecule has 2 fully saturated rings. The van der Waals surface area contributed by atoms with E-state index in [9.17, 15) is 4.79 Å². The number of carbonyl (C=O) groups is 1. The Morgan fingerprint density at radius 2 is 1.93 bits per heavy atom. The minimum atomic E-state index is -0.295. The molecule has 0 heterocycles. The molecule has 0 saturated heterocycles. The summed E-state index contributed by atoms with van der Waals surface area (Å²) in [7, 11) is 1.48. The number of hydrogen-bond donors (Lipinski definition) is 1. The first-order valence-corrected chi connectivity index (χ1v) is 5.63. The summed E-state index contributed by atoms with van der Waals surface area (Å²) in [6, 6.07) is 0.547. The quantitative estimate of drug-likeness (QED) is 0.699. The summed E-state index contributed by atoms with van der Waals surface area (Å²) < 4.78 is 4.82. The van der Waals surface area contributed by atoms with Crippen molar-refractivity contribution in [1.82, 2.24) is 5.32 Å². The second-order valence-corrected chi connectivity index (χ2v) is 4.55. The molecule has 0 unspecified atom stereocenters. The number of hydrogen-bond acceptors (Lipinski definition) is 3. The van der Waals surface area contributed by atoms with E-state index in [0.29, 0.717) is 6.04 Å². The predicted molar refractivity (Wildman–Crippen MR) is 54.0 cm³/mol. The van der Waals surface area contributed by atoms with E-state index < -0.39 is 0 Å². The largest absolute Gasteiger partial charge is 0.468 e. The third-order valence-electron chi connectivity index (χ3n) is 3.41. The molecular formula is C11H19NO2. The maximum absolute atomic E-state index is 11.5. The highest BCUT2D eigenvalue weighted by Crippen LogP contribution is 2.38. The van der Waals surface area contributed by atoms with Gasteiger partial charge in [0, 0.05) is 6.04 Å². The molecule has 2 rings (SSSR count). The third kappa shape index (κ3) is 1.92. The fraction of sp³-hybridized carbons (Fsp3) is 0.909. The van der Waals surface area contributed by atoms with Crippen molar-refractivity contribution in [3.8, 4) is 0 Å². The highest BCUT2D eigenvalue weighted by molar-refractivity contribution is 5.84. The van der Waals surface area contributed by atoms with Crippen LogP contribution in [0.2, 0.25) is 0 Å². The van der Waals surface area contributed by atoms with Crippen LogP contribution in [-0.2, 0) is 9.53 Å². The Morgan fingerprint density at radius 3 is 2.43 bits per heavy atom. The van der Waals surface area contributed by atoms with Gasteiger partial charge in [-0.25, -0.2) is 0 Å². The minimum absolute atomic E-state index is 0.0666. The maximum atomic E-state index is 11.5. The van der Waals surface area contributed by atoms with Crippen molar-refractivity contribution < 1.29 is 9.53 Å². The van der Waals surface area contributed by atoms with Gasteiger partial charge in [-0.2, -0.15) is 0 Å². The van der Waals surface area contributed by atoms with Crippen molar-refractivity contribution in [3.05, 3.63) is 0 Å². The van der Waals surface area contributed by atoms with Gasteiger partial charge >= 0.3 is 5.97 Å². The molecule has 3 nitrogen and oxygen atoms in total. The molecule has 3 heteroatoms. The van der Waals surface area contributed by atoms with Crippen molar-refractivity contribution in [2.45, 2.75) is 56.5 Å². The SMILES string of the molecule is COC(=O)C1(NC2CCCCC2)CC1. The molecule has 2 aliphatic carbocycles. The summed E-state index contributed by atoms with van der Waals surface area (Å²) >= 11 is 0. The summed E-state index contributed by atoms with van der Waals surface area (Å²) in [6.45, 7) is 0. The van der Waals surface area contributed by atoms with Gasteiger partial charge in [-0.05, 0) is 25.7 Å². The molecule has 0 amide bonds. The maximum Gasteiger partial charge on any atom is 0.326 e. The van der Waals surface area contributed by atoms with Gasteiger partial charge in [0.25, 0.3) is 0 Å². The lowest BCUT2D eigenvalue weighted by atomic mass is 9.94. The molecule has 80 valence electrons. The Kier molecular flexibility index (Phi) is 2.77. The van der Waals surface area contributed by atoms with Gasteiger partial charge in [0.2, 0.25) is 0 Å². The Labute approximate surface area is 85.2 Å². The van der Waals surface area contributed by atoms with Gasteiger partial charge in [0.15, 0.2) is 0 Å². The van der Waals surface area contributed by atoms with E-state index in [1.54, 1.807) is 0 Å². The molecule has 2 aliphatic rings. The van der Waals surface area contributed by atoms with Crippen molar-refractivity contribution >= 4 is 5.97 Å². The number of esters is 1. The number of methoxy groups -OCH3 is 1. The lowest BCUT2D eigenvalue weighted by molar-refractivity contribution is -0.144. The average Bonchev–Trinajstić information content (AvgIpc) is 2.99. The first kappa shape index (κ1) is 9.97. The molecule has 0 aromatic rings. The summed E-state index contributed by atoms with van der Waals surface area (Å²) in [6.07, 6.45) is 8.30. The van der Waals surface area contributed by atoms with E-state index in [2.05, 4.69) is 5.32 Å². The van der Waals surface area contributed by atoms with Gasteiger partial charge < -0.3 is 4.74 Å². The Bertz CT molecular complexity index is 217. The van der Waals surface area contributed by atoms with Gasteiger partial charge in [-0.1, -0.05) is 19.3 Å². The molecule has 14 heavy (non-hydrogen) atoms. The van der Waals surface area contributed by atoms with Gasteiger partial charge in [-0.3, -0.25) is 10.1 Å². The zero-order chi connectivity index (χ0) is 10.0. The fourth-order valence-corrected chi connectivity index (χ4v) is 2.37. The lowest BCUT2D eigenvalue weighted by Gasteiger charge is -2.27. The predicted octanol–water partition coefficient (Wildman–Crippen LogP) is 1.61. The van der Waals surface area contributed by atoms with Crippen LogP contribution in [0, 0.1) is 0 Å². The van der Waals surface area contributed by atoms with Gasteiger partial charge in [0.05, 0.1) is 7.11 Å². The molecule has 0 bridgehead atoms. The highest BCUT2D eigenvalue weighted by atomic mass is 16.5. The molecular weight excluding hydrogens is 178 g/mol. The van der Waals surface area contributed by atoms with Crippen LogP contribution in [0.4, 0.5) is 0 Å². The molecule has 0 radical (unpaired) electrons.